The summed E-state index contributed by atoms with van der Waals surface area (Å²) < 4.78 is 3.22. The quantitative estimate of drug-likeness (QED) is 0.742. The van der Waals surface area contributed by atoms with Gasteiger partial charge in [-0.2, -0.15) is 0 Å². The predicted molar refractivity (Wildman–Crippen MR) is 81.5 cm³/mol. The Hall–Kier alpha value is -0.610. The van der Waals surface area contributed by atoms with Crippen LogP contribution in [0.4, 0.5) is 0 Å². The molecule has 3 nitrogen and oxygen atoms in total. The Bertz CT molecular complexity index is 620. The summed E-state index contributed by atoms with van der Waals surface area (Å²) in [5.74, 6) is 1.36. The Balaban J connectivity index is 2.21. The topological polar surface area (TPSA) is 30.7 Å². The smallest absolute Gasteiger partial charge is 0.160 e. The average Bonchev–Trinajstić information content (AvgIpc) is 2.87. The van der Waals surface area contributed by atoms with E-state index < -0.39 is 0 Å². The molecule has 2 aromatic heterocycles. The van der Waals surface area contributed by atoms with E-state index in [1.54, 1.807) is 0 Å². The van der Waals surface area contributed by atoms with Gasteiger partial charge in [0.1, 0.15) is 11.3 Å². The first-order valence-electron chi connectivity index (χ1n) is 6.61. The van der Waals surface area contributed by atoms with Crippen LogP contribution in [0, 0.1) is 5.41 Å². The van der Waals surface area contributed by atoms with Crippen LogP contribution in [-0.4, -0.2) is 14.5 Å². The Morgan fingerprint density at radius 3 is 2.95 bits per heavy atom. The molecule has 19 heavy (non-hydrogen) atoms. The fourth-order valence-corrected chi connectivity index (χ4v) is 3.72. The first-order chi connectivity index (χ1) is 9.03. The fraction of sp³-hybridized carbons (Fsp3) is 0.571. The van der Waals surface area contributed by atoms with Gasteiger partial charge in [-0.15, -0.1) is 11.6 Å². The van der Waals surface area contributed by atoms with Gasteiger partial charge in [0.05, 0.1) is 5.88 Å². The van der Waals surface area contributed by atoms with E-state index in [9.17, 15) is 0 Å². The molecule has 0 saturated heterocycles. The zero-order chi connectivity index (χ0) is 13.6. The van der Waals surface area contributed by atoms with Crippen molar-refractivity contribution >= 4 is 38.7 Å². The maximum Gasteiger partial charge on any atom is 0.160 e. The number of rotatable bonds is 2. The molecular formula is C14H17BrClN3. The van der Waals surface area contributed by atoms with Gasteiger partial charge >= 0.3 is 0 Å². The molecule has 0 amide bonds. The highest BCUT2D eigenvalue weighted by Gasteiger charge is 2.37. The molecule has 0 aromatic carbocycles. The third-order valence-corrected chi connectivity index (χ3v) is 4.87. The van der Waals surface area contributed by atoms with E-state index in [0.717, 1.165) is 21.5 Å². The molecule has 0 spiro atoms. The van der Waals surface area contributed by atoms with Crippen LogP contribution in [0.3, 0.4) is 0 Å². The normalized spacial score (nSPS) is 22.2. The van der Waals surface area contributed by atoms with Crippen molar-refractivity contribution in [1.82, 2.24) is 14.5 Å². The highest BCUT2D eigenvalue weighted by Crippen LogP contribution is 2.47. The molecule has 102 valence electrons. The van der Waals surface area contributed by atoms with E-state index in [-0.39, 0.29) is 5.41 Å². The Morgan fingerprint density at radius 1 is 1.53 bits per heavy atom. The van der Waals surface area contributed by atoms with Gasteiger partial charge in [-0.1, -0.05) is 20.3 Å². The number of fused-ring (bicyclic) bond motifs is 1. The zero-order valence-corrected chi connectivity index (χ0v) is 13.5. The summed E-state index contributed by atoms with van der Waals surface area (Å²) in [4.78, 5) is 9.20. The highest BCUT2D eigenvalue weighted by molar-refractivity contribution is 9.10. The molecule has 1 aliphatic rings. The second kappa shape index (κ2) is 4.74. The molecule has 1 unspecified atom stereocenters. The van der Waals surface area contributed by atoms with E-state index in [0.29, 0.717) is 11.9 Å². The van der Waals surface area contributed by atoms with Crippen LogP contribution in [0.2, 0.25) is 0 Å². The Labute approximate surface area is 126 Å². The lowest BCUT2D eigenvalue weighted by atomic mass is 9.87. The minimum Gasteiger partial charge on any atom is -0.308 e. The summed E-state index contributed by atoms with van der Waals surface area (Å²) >= 11 is 9.54. The molecule has 0 radical (unpaired) electrons. The standard InChI is InChI=1S/C14H17BrClN3/c1-14(2)5-3-4-11(14)19-12(7-16)18-10-6-9(15)8-17-13(10)19/h6,8,11H,3-5,7H2,1-2H3. The second-order valence-corrected chi connectivity index (χ2v) is 7.11. The fourth-order valence-electron chi connectivity index (χ4n) is 3.21. The van der Waals surface area contributed by atoms with Gasteiger partial charge in [0.2, 0.25) is 0 Å². The minimum atomic E-state index is 0.281. The molecule has 1 fully saturated rings. The van der Waals surface area contributed by atoms with E-state index in [1.165, 1.54) is 19.3 Å². The van der Waals surface area contributed by atoms with E-state index >= 15 is 0 Å². The van der Waals surface area contributed by atoms with Gasteiger partial charge < -0.3 is 4.57 Å². The molecular weight excluding hydrogens is 326 g/mol. The van der Waals surface area contributed by atoms with Gasteiger partial charge in [-0.25, -0.2) is 9.97 Å². The average molecular weight is 343 g/mol. The Morgan fingerprint density at radius 2 is 2.32 bits per heavy atom. The van der Waals surface area contributed by atoms with Crippen LogP contribution in [0.15, 0.2) is 16.7 Å². The van der Waals surface area contributed by atoms with Gasteiger partial charge in [0, 0.05) is 16.7 Å². The number of alkyl halides is 1. The van der Waals surface area contributed by atoms with E-state index in [1.807, 2.05) is 12.3 Å². The van der Waals surface area contributed by atoms with Crippen molar-refractivity contribution in [2.75, 3.05) is 0 Å². The molecule has 2 heterocycles. The van der Waals surface area contributed by atoms with Crippen molar-refractivity contribution in [3.05, 3.63) is 22.6 Å². The molecule has 1 aliphatic carbocycles. The predicted octanol–water partition coefficient (Wildman–Crippen LogP) is 4.68. The SMILES string of the molecule is CC1(C)CCCC1n1c(CCl)nc2cc(Br)cnc21. The van der Waals surface area contributed by atoms with Crippen molar-refractivity contribution in [1.29, 1.82) is 0 Å². The number of nitrogens with zero attached hydrogens (tertiary/aromatic N) is 3. The molecule has 5 heteroatoms. The largest absolute Gasteiger partial charge is 0.308 e. The highest BCUT2D eigenvalue weighted by atomic mass is 79.9. The number of pyridine rings is 1. The summed E-state index contributed by atoms with van der Waals surface area (Å²) in [7, 11) is 0. The Kier molecular flexibility index (Phi) is 3.34. The van der Waals surface area contributed by atoms with Crippen molar-refractivity contribution in [2.24, 2.45) is 5.41 Å². The van der Waals surface area contributed by atoms with Crippen LogP contribution in [0.1, 0.15) is 45.0 Å². The van der Waals surface area contributed by atoms with Gasteiger partial charge in [-0.05, 0) is 40.3 Å². The van der Waals surface area contributed by atoms with Gasteiger partial charge in [0.15, 0.2) is 5.65 Å². The molecule has 3 rings (SSSR count). The van der Waals surface area contributed by atoms with Crippen molar-refractivity contribution in [3.8, 4) is 0 Å². The lowest BCUT2D eigenvalue weighted by Crippen LogP contribution is -2.23. The molecule has 1 atom stereocenters. The number of hydrogen-bond acceptors (Lipinski definition) is 2. The lowest BCUT2D eigenvalue weighted by Gasteiger charge is -2.29. The van der Waals surface area contributed by atoms with Crippen LogP contribution in [0.5, 0.6) is 0 Å². The van der Waals surface area contributed by atoms with Crippen LogP contribution < -0.4 is 0 Å². The van der Waals surface area contributed by atoms with Gasteiger partial charge in [-0.3, -0.25) is 0 Å². The van der Waals surface area contributed by atoms with Crippen LogP contribution >= 0.6 is 27.5 Å². The number of aromatic nitrogens is 3. The first kappa shape index (κ1) is 13.4. The van der Waals surface area contributed by atoms with Crippen LogP contribution in [0.25, 0.3) is 11.2 Å². The van der Waals surface area contributed by atoms with Crippen LogP contribution in [-0.2, 0) is 5.88 Å². The zero-order valence-electron chi connectivity index (χ0n) is 11.2. The molecule has 0 bridgehead atoms. The third-order valence-electron chi connectivity index (χ3n) is 4.20. The molecule has 1 saturated carbocycles. The lowest BCUT2D eigenvalue weighted by molar-refractivity contribution is 0.261. The molecule has 0 N–H and O–H groups in total. The maximum absolute atomic E-state index is 6.09. The van der Waals surface area contributed by atoms with Crippen molar-refractivity contribution in [3.63, 3.8) is 0 Å². The van der Waals surface area contributed by atoms with E-state index in [4.69, 9.17) is 11.6 Å². The van der Waals surface area contributed by atoms with E-state index in [2.05, 4.69) is 44.3 Å². The number of hydrogen-bond donors (Lipinski definition) is 0. The van der Waals surface area contributed by atoms with Gasteiger partial charge in [0.25, 0.3) is 0 Å². The monoisotopic (exact) mass is 341 g/mol. The maximum atomic E-state index is 6.09. The molecule has 0 aliphatic heterocycles. The molecule has 2 aromatic rings. The number of imidazole rings is 1. The third kappa shape index (κ3) is 2.19. The summed E-state index contributed by atoms with van der Waals surface area (Å²) in [5, 5.41) is 0. The summed E-state index contributed by atoms with van der Waals surface area (Å²) in [6.45, 7) is 4.65. The first-order valence-corrected chi connectivity index (χ1v) is 7.94. The summed E-state index contributed by atoms with van der Waals surface area (Å²) in [6.07, 6.45) is 5.52. The second-order valence-electron chi connectivity index (χ2n) is 5.92. The summed E-state index contributed by atoms with van der Waals surface area (Å²) in [6, 6.07) is 2.46. The minimum absolute atomic E-state index is 0.281. The van der Waals surface area contributed by atoms with Crippen molar-refractivity contribution in [2.45, 2.75) is 45.0 Å². The summed E-state index contributed by atoms with van der Waals surface area (Å²) in [5.41, 5.74) is 2.16. The van der Waals surface area contributed by atoms with Crippen molar-refractivity contribution < 1.29 is 0 Å². The number of halogens is 2.